The summed E-state index contributed by atoms with van der Waals surface area (Å²) in [6.45, 7) is 4.00. The Hall–Kier alpha value is -0.350. The first-order valence-corrected chi connectivity index (χ1v) is 6.21. The molecule has 0 atom stereocenters. The molecule has 0 radical (unpaired) electrons. The third-order valence-corrected chi connectivity index (χ3v) is 3.14. The maximum atomic E-state index is 11.7. The molecule has 2 nitrogen and oxygen atoms in total. The van der Waals surface area contributed by atoms with E-state index in [4.69, 9.17) is 0 Å². The van der Waals surface area contributed by atoms with E-state index in [0.29, 0.717) is 26.8 Å². The fourth-order valence-electron chi connectivity index (χ4n) is 1.22. The minimum Gasteiger partial charge on any atom is -0.506 e. The molecule has 4 heteroatoms. The van der Waals surface area contributed by atoms with Crippen molar-refractivity contribution in [2.75, 3.05) is 0 Å². The number of aromatic hydroxyl groups is 1. The average Bonchev–Trinajstić information content (AvgIpc) is 2.12. The van der Waals surface area contributed by atoms with E-state index in [2.05, 4.69) is 31.9 Å². The molecule has 1 rings (SSSR count). The van der Waals surface area contributed by atoms with Gasteiger partial charge in [-0.05, 0) is 49.9 Å². The molecule has 0 saturated carbocycles. The number of carbonyl (C=O) groups excluding carboxylic acids is 1. The number of Topliss-reactive ketones (excluding diaryl/α,β-unsaturated/α-hetero) is 1. The van der Waals surface area contributed by atoms with Gasteiger partial charge in [0.2, 0.25) is 0 Å². The van der Waals surface area contributed by atoms with Crippen LogP contribution in [-0.4, -0.2) is 10.9 Å². The van der Waals surface area contributed by atoms with Crippen molar-refractivity contribution in [2.45, 2.75) is 20.3 Å². The molecule has 0 amide bonds. The van der Waals surface area contributed by atoms with Gasteiger partial charge in [-0.25, -0.2) is 0 Å². The van der Waals surface area contributed by atoms with Crippen molar-refractivity contribution in [1.82, 2.24) is 0 Å². The maximum absolute atomic E-state index is 11.7. The highest BCUT2D eigenvalue weighted by Gasteiger charge is 2.12. The van der Waals surface area contributed by atoms with Crippen molar-refractivity contribution in [3.8, 4) is 5.75 Å². The molecule has 15 heavy (non-hydrogen) atoms. The van der Waals surface area contributed by atoms with Crippen molar-refractivity contribution in [1.29, 1.82) is 0 Å². The Kier molecular flexibility index (Phi) is 4.34. The van der Waals surface area contributed by atoms with Crippen LogP contribution in [0.5, 0.6) is 5.75 Å². The van der Waals surface area contributed by atoms with Gasteiger partial charge in [0.15, 0.2) is 5.78 Å². The van der Waals surface area contributed by atoms with Crippen LogP contribution in [-0.2, 0) is 0 Å². The summed E-state index contributed by atoms with van der Waals surface area (Å²) in [5.74, 6) is 0.548. The van der Waals surface area contributed by atoms with Gasteiger partial charge in [0.25, 0.3) is 0 Å². The van der Waals surface area contributed by atoms with Gasteiger partial charge in [-0.3, -0.25) is 4.79 Å². The van der Waals surface area contributed by atoms with Crippen LogP contribution in [0.2, 0.25) is 0 Å². The fraction of sp³-hybridized carbons (Fsp3) is 0.364. The van der Waals surface area contributed by atoms with E-state index in [0.717, 1.165) is 0 Å². The molecule has 0 fully saturated rings. The van der Waals surface area contributed by atoms with Crippen molar-refractivity contribution < 1.29 is 9.90 Å². The molecule has 0 bridgehead atoms. The molecular formula is C11H12Br2O2. The van der Waals surface area contributed by atoms with Crippen LogP contribution in [0.4, 0.5) is 0 Å². The Morgan fingerprint density at radius 2 is 1.80 bits per heavy atom. The fourth-order valence-corrected chi connectivity index (χ4v) is 2.40. The molecule has 0 aliphatic carbocycles. The Morgan fingerprint density at radius 3 is 2.20 bits per heavy atom. The molecule has 0 aromatic heterocycles. The summed E-state index contributed by atoms with van der Waals surface area (Å²) in [6.07, 6.45) is 0.518. The lowest BCUT2D eigenvalue weighted by Gasteiger charge is -2.07. The number of rotatable bonds is 3. The predicted molar refractivity (Wildman–Crippen MR) is 67.3 cm³/mol. The molecule has 0 aliphatic rings. The molecule has 0 unspecified atom stereocenters. The Bertz CT molecular complexity index is 363. The molecular weight excluding hydrogens is 324 g/mol. The van der Waals surface area contributed by atoms with Crippen LogP contribution in [0.3, 0.4) is 0 Å². The van der Waals surface area contributed by atoms with Crippen LogP contribution < -0.4 is 0 Å². The van der Waals surface area contributed by atoms with E-state index in [1.54, 1.807) is 12.1 Å². The molecule has 82 valence electrons. The zero-order valence-electron chi connectivity index (χ0n) is 8.55. The van der Waals surface area contributed by atoms with Gasteiger partial charge in [-0.15, -0.1) is 0 Å². The summed E-state index contributed by atoms with van der Waals surface area (Å²) in [5, 5.41) is 9.49. The molecule has 1 N–H and O–H groups in total. The summed E-state index contributed by atoms with van der Waals surface area (Å²) < 4.78 is 1.06. The van der Waals surface area contributed by atoms with Crippen LogP contribution in [0.15, 0.2) is 21.1 Å². The quantitative estimate of drug-likeness (QED) is 0.842. The zero-order valence-corrected chi connectivity index (χ0v) is 11.7. The first-order valence-electron chi connectivity index (χ1n) is 4.63. The second kappa shape index (κ2) is 5.12. The summed E-state index contributed by atoms with van der Waals surface area (Å²) in [4.78, 5) is 11.7. The van der Waals surface area contributed by atoms with Crippen LogP contribution in [0, 0.1) is 5.92 Å². The minimum absolute atomic E-state index is 0.0893. The predicted octanol–water partition coefficient (Wildman–Crippen LogP) is 4.15. The van der Waals surface area contributed by atoms with E-state index in [-0.39, 0.29) is 11.5 Å². The number of halogens is 2. The largest absolute Gasteiger partial charge is 0.506 e. The number of hydrogen-bond donors (Lipinski definition) is 1. The van der Waals surface area contributed by atoms with E-state index in [9.17, 15) is 9.90 Å². The van der Waals surface area contributed by atoms with E-state index < -0.39 is 0 Å². The highest BCUT2D eigenvalue weighted by Crippen LogP contribution is 2.33. The van der Waals surface area contributed by atoms with Crippen LogP contribution >= 0.6 is 31.9 Å². The second-order valence-corrected chi connectivity index (χ2v) is 5.52. The number of carbonyl (C=O) groups is 1. The molecule has 1 aromatic carbocycles. The third kappa shape index (κ3) is 3.31. The molecule has 0 saturated heterocycles. The Labute approximate surface area is 106 Å². The highest BCUT2D eigenvalue weighted by atomic mass is 79.9. The molecule has 0 spiro atoms. The van der Waals surface area contributed by atoms with Gasteiger partial charge in [-0.2, -0.15) is 0 Å². The topological polar surface area (TPSA) is 37.3 Å². The number of hydrogen-bond acceptors (Lipinski definition) is 2. The molecule has 0 heterocycles. The third-order valence-electron chi connectivity index (χ3n) is 1.93. The lowest BCUT2D eigenvalue weighted by Crippen LogP contribution is -2.03. The van der Waals surface area contributed by atoms with E-state index in [1.165, 1.54) is 0 Å². The van der Waals surface area contributed by atoms with Gasteiger partial charge >= 0.3 is 0 Å². The smallest absolute Gasteiger partial charge is 0.163 e. The van der Waals surface area contributed by atoms with Gasteiger partial charge in [0.05, 0.1) is 8.95 Å². The average molecular weight is 336 g/mol. The summed E-state index contributed by atoms with van der Waals surface area (Å²) >= 11 is 6.40. The van der Waals surface area contributed by atoms with Gasteiger partial charge in [0, 0.05) is 12.0 Å². The van der Waals surface area contributed by atoms with Gasteiger partial charge in [-0.1, -0.05) is 13.8 Å². The lowest BCUT2D eigenvalue weighted by atomic mass is 10.0. The normalized spacial score (nSPS) is 10.7. The Balaban J connectivity index is 3.01. The van der Waals surface area contributed by atoms with E-state index >= 15 is 0 Å². The Morgan fingerprint density at radius 1 is 1.33 bits per heavy atom. The van der Waals surface area contributed by atoms with Crippen LogP contribution in [0.25, 0.3) is 0 Å². The summed E-state index contributed by atoms with van der Waals surface area (Å²) in [6, 6.07) is 3.29. The number of benzene rings is 1. The first-order chi connectivity index (χ1) is 6.91. The highest BCUT2D eigenvalue weighted by molar-refractivity contribution is 9.11. The number of phenols is 1. The number of ketones is 1. The summed E-state index contributed by atoms with van der Waals surface area (Å²) in [5.41, 5.74) is 0.611. The van der Waals surface area contributed by atoms with Crippen molar-refractivity contribution in [3.63, 3.8) is 0 Å². The van der Waals surface area contributed by atoms with Crippen molar-refractivity contribution >= 4 is 37.6 Å². The standard InChI is InChI=1S/C11H12Br2O2/c1-6(2)3-10(14)7-4-8(12)11(15)9(13)5-7/h4-6,15H,3H2,1-2H3. The summed E-state index contributed by atoms with van der Waals surface area (Å²) in [7, 11) is 0. The first kappa shape index (κ1) is 12.7. The maximum Gasteiger partial charge on any atom is 0.163 e. The van der Waals surface area contributed by atoms with Gasteiger partial charge < -0.3 is 5.11 Å². The minimum atomic E-state index is 0.0893. The van der Waals surface area contributed by atoms with Crippen molar-refractivity contribution in [3.05, 3.63) is 26.6 Å². The monoisotopic (exact) mass is 334 g/mol. The van der Waals surface area contributed by atoms with E-state index in [1.807, 2.05) is 13.8 Å². The number of phenolic OH excluding ortho intramolecular Hbond substituents is 1. The second-order valence-electron chi connectivity index (χ2n) is 3.81. The molecule has 0 aliphatic heterocycles. The van der Waals surface area contributed by atoms with Crippen LogP contribution in [0.1, 0.15) is 30.6 Å². The van der Waals surface area contributed by atoms with Gasteiger partial charge in [0.1, 0.15) is 5.75 Å². The zero-order chi connectivity index (χ0) is 11.6. The SMILES string of the molecule is CC(C)CC(=O)c1cc(Br)c(O)c(Br)c1. The molecule has 1 aromatic rings. The lowest BCUT2D eigenvalue weighted by molar-refractivity contribution is 0.0967. The van der Waals surface area contributed by atoms with Crippen molar-refractivity contribution in [2.24, 2.45) is 5.92 Å².